The number of hydrazone groups is 1. The molecule has 0 saturated heterocycles. The number of anilines is 1. The molecule has 0 aliphatic carbocycles. The maximum absolute atomic E-state index is 13.4. The first-order chi connectivity index (χ1) is 7.58. The number of rotatable bonds is 2. The van der Waals surface area contributed by atoms with Crippen molar-refractivity contribution in [1.29, 1.82) is 10.5 Å². The van der Waals surface area contributed by atoms with Gasteiger partial charge in [0.1, 0.15) is 12.1 Å². The quantitative estimate of drug-likeness (QED) is 0.518. The van der Waals surface area contributed by atoms with Gasteiger partial charge in [-0.2, -0.15) is 15.6 Å². The van der Waals surface area contributed by atoms with Crippen molar-refractivity contribution in [1.82, 2.24) is 0 Å². The summed E-state index contributed by atoms with van der Waals surface area (Å²) in [5.41, 5.74) is 1.82. The molecule has 1 aromatic carbocycles. The van der Waals surface area contributed by atoms with Gasteiger partial charge < -0.3 is 0 Å². The Morgan fingerprint density at radius 1 is 1.44 bits per heavy atom. The molecule has 0 aromatic heterocycles. The smallest absolute Gasteiger partial charge is 0.237 e. The van der Waals surface area contributed by atoms with E-state index in [4.69, 9.17) is 22.1 Å². The molecule has 0 aliphatic heterocycles. The number of nitrogens with zero attached hydrogens (tertiary/aromatic N) is 3. The largest absolute Gasteiger partial charge is 0.273 e. The van der Waals surface area contributed by atoms with E-state index in [0.717, 1.165) is 0 Å². The van der Waals surface area contributed by atoms with Gasteiger partial charge in [-0.1, -0.05) is 27.5 Å². The van der Waals surface area contributed by atoms with Gasteiger partial charge in [-0.05, 0) is 12.1 Å². The van der Waals surface area contributed by atoms with Gasteiger partial charge in [0.05, 0.1) is 10.7 Å². The van der Waals surface area contributed by atoms with Crippen molar-refractivity contribution in [3.63, 3.8) is 0 Å². The molecule has 0 heterocycles. The number of benzene rings is 1. The molecular weight excluding hydrogens is 298 g/mol. The minimum absolute atomic E-state index is 0.0256. The Kier molecular flexibility index (Phi) is 4.24. The van der Waals surface area contributed by atoms with Crippen molar-refractivity contribution in [3.05, 3.63) is 27.4 Å². The van der Waals surface area contributed by atoms with Crippen LogP contribution in [0.3, 0.4) is 0 Å². The van der Waals surface area contributed by atoms with Crippen molar-refractivity contribution in [2.45, 2.75) is 0 Å². The fourth-order valence-electron chi connectivity index (χ4n) is 0.828. The maximum atomic E-state index is 13.4. The van der Waals surface area contributed by atoms with Crippen LogP contribution in [0.5, 0.6) is 0 Å². The Morgan fingerprint density at radius 2 is 2.06 bits per heavy atom. The predicted octanol–water partition coefficient (Wildman–Crippen LogP) is 3.06. The lowest BCUT2D eigenvalue weighted by Gasteiger charge is -2.04. The minimum atomic E-state index is -0.705. The van der Waals surface area contributed by atoms with Crippen LogP contribution in [0.1, 0.15) is 0 Å². The number of hydrogen-bond donors (Lipinski definition) is 1. The highest BCUT2D eigenvalue weighted by atomic mass is 79.9. The van der Waals surface area contributed by atoms with Gasteiger partial charge in [0.2, 0.25) is 5.71 Å². The predicted molar refractivity (Wildman–Crippen MR) is 61.4 cm³/mol. The highest BCUT2D eigenvalue weighted by Gasteiger charge is 2.08. The topological polar surface area (TPSA) is 72.0 Å². The third-order valence-corrected chi connectivity index (χ3v) is 2.23. The van der Waals surface area contributed by atoms with Crippen LogP contribution >= 0.6 is 27.5 Å². The monoisotopic (exact) mass is 300 g/mol. The molecule has 0 unspecified atom stereocenters. The standard InChI is InChI=1S/C9H3BrClFN4/c10-5-1-7(11)9(12)8(2-5)16-15-6(3-13)4-14/h1-2,16H. The molecule has 0 amide bonds. The van der Waals surface area contributed by atoms with Gasteiger partial charge in [-0.25, -0.2) is 4.39 Å². The number of nitriles is 2. The van der Waals surface area contributed by atoms with E-state index in [1.807, 2.05) is 0 Å². The van der Waals surface area contributed by atoms with E-state index in [9.17, 15) is 4.39 Å². The van der Waals surface area contributed by atoms with Gasteiger partial charge >= 0.3 is 0 Å². The van der Waals surface area contributed by atoms with Crippen LogP contribution in [-0.2, 0) is 0 Å². The first-order valence-electron chi connectivity index (χ1n) is 3.87. The molecular formula is C9H3BrClFN4. The molecule has 0 radical (unpaired) electrons. The lowest BCUT2D eigenvalue weighted by atomic mass is 10.3. The molecule has 0 aliphatic rings. The summed E-state index contributed by atoms with van der Waals surface area (Å²) in [6.45, 7) is 0. The molecule has 80 valence electrons. The minimum Gasteiger partial charge on any atom is -0.273 e. The summed E-state index contributed by atoms with van der Waals surface area (Å²) in [4.78, 5) is 0. The summed E-state index contributed by atoms with van der Waals surface area (Å²) in [6.07, 6.45) is 0. The maximum Gasteiger partial charge on any atom is 0.237 e. The second-order valence-corrected chi connectivity index (χ2v) is 3.87. The number of nitrogens with one attached hydrogen (secondary N) is 1. The fourth-order valence-corrected chi connectivity index (χ4v) is 1.64. The Balaban J connectivity index is 3.05. The van der Waals surface area contributed by atoms with E-state index < -0.39 is 11.5 Å². The molecule has 4 nitrogen and oxygen atoms in total. The molecule has 1 rings (SSSR count). The van der Waals surface area contributed by atoms with E-state index in [-0.39, 0.29) is 10.7 Å². The van der Waals surface area contributed by atoms with Crippen LogP contribution in [-0.4, -0.2) is 5.71 Å². The molecule has 0 fully saturated rings. The van der Waals surface area contributed by atoms with Crippen molar-refractivity contribution >= 4 is 38.9 Å². The fraction of sp³-hybridized carbons (Fsp3) is 0. The summed E-state index contributed by atoms with van der Waals surface area (Å²) < 4.78 is 13.9. The molecule has 1 N–H and O–H groups in total. The summed E-state index contributed by atoms with van der Waals surface area (Å²) in [5, 5.41) is 20.1. The van der Waals surface area contributed by atoms with E-state index in [1.54, 1.807) is 0 Å². The van der Waals surface area contributed by atoms with Crippen LogP contribution < -0.4 is 5.43 Å². The second kappa shape index (κ2) is 5.45. The third-order valence-electron chi connectivity index (χ3n) is 1.49. The molecule has 0 spiro atoms. The number of hydrogen-bond acceptors (Lipinski definition) is 4. The molecule has 1 aromatic rings. The van der Waals surface area contributed by atoms with Gasteiger partial charge in [-0.15, -0.1) is 0 Å². The van der Waals surface area contributed by atoms with Gasteiger partial charge in [-0.3, -0.25) is 5.43 Å². The van der Waals surface area contributed by atoms with Gasteiger partial charge in [0.25, 0.3) is 0 Å². The van der Waals surface area contributed by atoms with Crippen LogP contribution in [0.15, 0.2) is 21.7 Å². The lowest BCUT2D eigenvalue weighted by molar-refractivity contribution is 0.631. The first kappa shape index (κ1) is 12.4. The van der Waals surface area contributed by atoms with Crippen molar-refractivity contribution in [3.8, 4) is 12.1 Å². The zero-order chi connectivity index (χ0) is 12.1. The summed E-state index contributed by atoms with van der Waals surface area (Å²) in [7, 11) is 0. The third kappa shape index (κ3) is 2.93. The molecule has 0 atom stereocenters. The normalized spacial score (nSPS) is 8.81. The van der Waals surface area contributed by atoms with E-state index in [0.29, 0.717) is 4.47 Å². The van der Waals surface area contributed by atoms with Gasteiger partial charge in [0.15, 0.2) is 5.82 Å². The molecule has 0 saturated carbocycles. The van der Waals surface area contributed by atoms with Crippen LogP contribution in [0.4, 0.5) is 10.1 Å². The highest BCUT2D eigenvalue weighted by molar-refractivity contribution is 9.10. The van der Waals surface area contributed by atoms with Crippen LogP contribution in [0.2, 0.25) is 5.02 Å². The van der Waals surface area contributed by atoms with Crippen molar-refractivity contribution < 1.29 is 4.39 Å². The van der Waals surface area contributed by atoms with Crippen LogP contribution in [0.25, 0.3) is 0 Å². The number of halogens is 3. The van der Waals surface area contributed by atoms with E-state index in [2.05, 4.69) is 26.5 Å². The lowest BCUT2D eigenvalue weighted by Crippen LogP contribution is -1.98. The Morgan fingerprint density at radius 3 is 2.62 bits per heavy atom. The molecule has 7 heteroatoms. The summed E-state index contributed by atoms with van der Waals surface area (Å²) in [6, 6.07) is 5.82. The average molecular weight is 302 g/mol. The van der Waals surface area contributed by atoms with Crippen molar-refractivity contribution in [2.24, 2.45) is 5.10 Å². The molecule has 0 bridgehead atoms. The Labute approximate surface area is 104 Å². The van der Waals surface area contributed by atoms with Crippen LogP contribution in [0, 0.1) is 28.5 Å². The van der Waals surface area contributed by atoms with E-state index >= 15 is 0 Å². The Hall–Kier alpha value is -1.63. The van der Waals surface area contributed by atoms with Gasteiger partial charge in [0, 0.05) is 4.47 Å². The molecule has 16 heavy (non-hydrogen) atoms. The second-order valence-electron chi connectivity index (χ2n) is 2.54. The highest BCUT2D eigenvalue weighted by Crippen LogP contribution is 2.27. The van der Waals surface area contributed by atoms with E-state index in [1.165, 1.54) is 24.3 Å². The zero-order valence-electron chi connectivity index (χ0n) is 7.63. The summed E-state index contributed by atoms with van der Waals surface area (Å²) in [5.74, 6) is -0.705. The Bertz CT molecular complexity index is 514. The SMILES string of the molecule is N#CC(C#N)=NNc1cc(Br)cc(Cl)c1F. The average Bonchev–Trinajstić information content (AvgIpc) is 2.26. The summed E-state index contributed by atoms with van der Waals surface area (Å²) >= 11 is 8.70. The first-order valence-corrected chi connectivity index (χ1v) is 5.04. The van der Waals surface area contributed by atoms with Crippen molar-refractivity contribution in [2.75, 3.05) is 5.43 Å². The zero-order valence-corrected chi connectivity index (χ0v) is 9.97.